The third kappa shape index (κ3) is 21.5. The second-order valence-electron chi connectivity index (χ2n) is 23.8. The SMILES string of the molecule is C/C=C/C1=CN2C(=O)c3cc(OC)c(OCCCOc4cc5c(cc4OC)C(=O)N4C=C(/C=C/C)C[C@H]4[C@H](O)N5C(=O)OCc4ccc(NC(=O)[C@H](C)NC(=O)[C@@H](NC(=O)CCOCCOCCOCCOCCNC(=O)Cc5ccccccccc5)C(C)C)cc4)cc3N=C[C@@H]2C1. The monoisotopic (exact) mass is 1360 g/mol. The van der Waals surface area contributed by atoms with Crippen molar-refractivity contribution in [1.82, 2.24) is 25.8 Å². The topological polar surface area (TPSA) is 293 Å². The van der Waals surface area contributed by atoms with Crippen molar-refractivity contribution in [2.45, 2.75) is 104 Å². The highest BCUT2D eigenvalue weighted by atomic mass is 16.6. The normalized spacial score (nSPS) is 16.7. The van der Waals surface area contributed by atoms with Gasteiger partial charge in [-0.3, -0.25) is 33.8 Å². The highest BCUT2D eigenvalue weighted by Gasteiger charge is 2.45. The van der Waals surface area contributed by atoms with Crippen molar-refractivity contribution >= 4 is 64.8 Å². The number of aliphatic hydroxyl groups excluding tert-OH is 1. The van der Waals surface area contributed by atoms with Crippen LogP contribution in [-0.2, 0) is 55.9 Å². The molecule has 99 heavy (non-hydrogen) atoms. The number of anilines is 2. The average molecular weight is 1360 g/mol. The first-order chi connectivity index (χ1) is 48.0. The summed E-state index contributed by atoms with van der Waals surface area (Å²) in [5.74, 6) is -1.49. The molecule has 4 aromatic rings. The lowest BCUT2D eigenvalue weighted by molar-refractivity contribution is -0.132. The molecule has 0 aromatic heterocycles. The summed E-state index contributed by atoms with van der Waals surface area (Å²) in [6, 6.07) is 26.8. The maximum absolute atomic E-state index is 14.4. The van der Waals surface area contributed by atoms with Crippen molar-refractivity contribution in [3.05, 3.63) is 173 Å². The Kier molecular flexibility index (Phi) is 29.0. The fraction of sp³-hybridized carbons (Fsp3) is 0.405. The molecule has 0 saturated carbocycles. The molecule has 0 aliphatic carbocycles. The zero-order valence-corrected chi connectivity index (χ0v) is 57.1. The number of ether oxygens (including phenoxy) is 9. The van der Waals surface area contributed by atoms with Crippen LogP contribution < -0.4 is 45.1 Å². The maximum Gasteiger partial charge on any atom is 0.416 e. The molecule has 4 aliphatic rings. The van der Waals surface area contributed by atoms with Crippen LogP contribution in [0.1, 0.15) is 92.1 Å². The summed E-state index contributed by atoms with van der Waals surface area (Å²) in [6.07, 6.45) is 11.7. The summed E-state index contributed by atoms with van der Waals surface area (Å²) >= 11 is 0. The molecule has 0 unspecified atom stereocenters. The maximum atomic E-state index is 14.4. The Morgan fingerprint density at radius 3 is 1.83 bits per heavy atom. The number of aliphatic hydroxyl groups is 1. The van der Waals surface area contributed by atoms with E-state index < -0.39 is 54.1 Å². The standard InChI is InChI=1S/C74H90N8O17/c1-8-18-53-38-56-45-76-59-43-64(62(91-6)41-57(59)71(87)80(56)46-53)97-28-17-29-98-65-44-60-58(42-63(65)92-7)72(88)81-47-54(19-9-2)39-61(81)73(89)82(60)74(90)99-48-52-22-24-55(25-23-52)78-69(85)50(5)77-70(86)68(49(3)4)79-66(83)26-30-93-32-34-95-36-37-96-35-33-94-31-27-75-67(84)40-51-20-15-13-11-10-12-14-16-21-51/h8-16,18-25,41-47,49-50,56,61,68,73,89H,17,26-40,48H2,1-7H3,(H,75,84)(H,77,86)(H,78,85)(H,79,83)/b11-10?,12-10?,13-11?,14-12?,15-13?,16-14?,18-8+,19-9+,20-15?,21-16?,51-20?,51-21?/t50-,56-,61-,68-,73-/m0/s1. The van der Waals surface area contributed by atoms with Crippen molar-refractivity contribution in [3.63, 3.8) is 0 Å². The Labute approximate surface area is 577 Å². The molecule has 4 aromatic carbocycles. The molecule has 0 radical (unpaired) electrons. The minimum absolute atomic E-state index is 0.0118. The molecule has 0 fully saturated rings. The molecule has 7 amide bonds. The number of amides is 7. The van der Waals surface area contributed by atoms with Gasteiger partial charge in [0.15, 0.2) is 29.2 Å². The van der Waals surface area contributed by atoms with Gasteiger partial charge in [0.1, 0.15) is 18.7 Å². The molecule has 5 atom stereocenters. The third-order valence-electron chi connectivity index (χ3n) is 16.1. The van der Waals surface area contributed by atoms with Crippen LogP contribution in [-0.4, -0.2) is 180 Å². The molecule has 0 bridgehead atoms. The van der Waals surface area contributed by atoms with Crippen LogP contribution in [0.15, 0.2) is 156 Å². The van der Waals surface area contributed by atoms with E-state index in [1.807, 2.05) is 98.9 Å². The van der Waals surface area contributed by atoms with Gasteiger partial charge in [-0.2, -0.15) is 0 Å². The zero-order valence-electron chi connectivity index (χ0n) is 57.1. The number of fused-ring (bicyclic) bond motifs is 4. The van der Waals surface area contributed by atoms with Crippen LogP contribution in [0.2, 0.25) is 0 Å². The van der Waals surface area contributed by atoms with Gasteiger partial charge in [0.2, 0.25) is 23.6 Å². The van der Waals surface area contributed by atoms with Crippen molar-refractivity contribution < 1.29 is 81.3 Å². The molecule has 25 heteroatoms. The van der Waals surface area contributed by atoms with Crippen molar-refractivity contribution in [2.24, 2.45) is 10.9 Å². The van der Waals surface area contributed by atoms with Crippen LogP contribution in [0, 0.1) is 5.92 Å². The van der Waals surface area contributed by atoms with Gasteiger partial charge in [-0.05, 0) is 86.1 Å². The van der Waals surface area contributed by atoms with E-state index >= 15 is 0 Å². The number of nitrogens with one attached hydrogen (secondary N) is 4. The van der Waals surface area contributed by atoms with Gasteiger partial charge < -0.3 is 78.8 Å². The minimum atomic E-state index is -1.58. The van der Waals surface area contributed by atoms with E-state index in [0.717, 1.165) is 21.6 Å². The molecule has 528 valence electrons. The molecule has 5 N–H and O–H groups in total. The van der Waals surface area contributed by atoms with Gasteiger partial charge in [-0.15, -0.1) is 0 Å². The summed E-state index contributed by atoms with van der Waals surface area (Å²) in [5, 5.41) is 23.2. The fourth-order valence-corrected chi connectivity index (χ4v) is 11.0. The van der Waals surface area contributed by atoms with Crippen LogP contribution >= 0.6 is 0 Å². The molecule has 0 saturated heterocycles. The zero-order chi connectivity index (χ0) is 70.6. The quantitative estimate of drug-likeness (QED) is 0.0269. The lowest BCUT2D eigenvalue weighted by Crippen LogP contribution is -2.53. The summed E-state index contributed by atoms with van der Waals surface area (Å²) in [7, 11) is 2.91. The van der Waals surface area contributed by atoms with Gasteiger partial charge in [-0.1, -0.05) is 105 Å². The Morgan fingerprint density at radius 2 is 1.20 bits per heavy atom. The first-order valence-electron chi connectivity index (χ1n) is 33.1. The van der Waals surface area contributed by atoms with Crippen LogP contribution in [0.25, 0.3) is 0 Å². The summed E-state index contributed by atoms with van der Waals surface area (Å²) in [6.45, 7) is 11.5. The number of hydrogen-bond donors (Lipinski definition) is 5. The predicted molar refractivity (Wildman–Crippen MR) is 371 cm³/mol. The van der Waals surface area contributed by atoms with E-state index in [4.69, 9.17) is 42.6 Å². The van der Waals surface area contributed by atoms with Gasteiger partial charge in [-0.25, -0.2) is 9.69 Å². The highest BCUT2D eigenvalue weighted by Crippen LogP contribution is 2.43. The van der Waals surface area contributed by atoms with E-state index in [1.54, 1.807) is 67.6 Å². The van der Waals surface area contributed by atoms with Gasteiger partial charge in [0.25, 0.3) is 11.8 Å². The van der Waals surface area contributed by atoms with Crippen LogP contribution in [0.5, 0.6) is 23.0 Å². The summed E-state index contributed by atoms with van der Waals surface area (Å²) in [5.41, 5.74) is 4.47. The highest BCUT2D eigenvalue weighted by molar-refractivity contribution is 6.07. The number of benzene rings is 3. The molecule has 25 nitrogen and oxygen atoms in total. The Hall–Kier alpha value is -9.92. The van der Waals surface area contributed by atoms with E-state index in [2.05, 4.69) is 26.3 Å². The number of allylic oxidation sites excluding steroid dienone is 4. The smallest absolute Gasteiger partial charge is 0.416 e. The van der Waals surface area contributed by atoms with Crippen molar-refractivity contribution in [2.75, 3.05) is 97.0 Å². The number of nitrogens with zero attached hydrogens (tertiary/aromatic N) is 4. The van der Waals surface area contributed by atoms with Gasteiger partial charge in [0.05, 0.1) is 121 Å². The molecule has 8 rings (SSSR count). The van der Waals surface area contributed by atoms with Gasteiger partial charge >= 0.3 is 6.09 Å². The average Bonchev–Trinajstić information content (AvgIpc) is 1.63. The lowest BCUT2D eigenvalue weighted by atomic mass is 10.0. The molecule has 4 aliphatic heterocycles. The number of methoxy groups -OCH3 is 2. The van der Waals surface area contributed by atoms with E-state index in [9.17, 15) is 38.7 Å². The minimum Gasteiger partial charge on any atom is -0.493 e. The fourth-order valence-electron chi connectivity index (χ4n) is 11.0. The van der Waals surface area contributed by atoms with E-state index in [0.29, 0.717) is 86.4 Å². The number of carbonyl (C=O) groups excluding carboxylic acids is 7. The van der Waals surface area contributed by atoms with E-state index in [-0.39, 0.29) is 105 Å². The Morgan fingerprint density at radius 1 is 0.626 bits per heavy atom. The first kappa shape index (κ1) is 74.9. The largest absolute Gasteiger partial charge is 0.493 e. The molecule has 4 heterocycles. The van der Waals surface area contributed by atoms with E-state index in [1.165, 1.54) is 38.2 Å². The third-order valence-corrected chi connectivity index (χ3v) is 16.1. The van der Waals surface area contributed by atoms with Crippen LogP contribution in [0.3, 0.4) is 0 Å². The second-order valence-corrected chi connectivity index (χ2v) is 23.8. The van der Waals surface area contributed by atoms with Gasteiger partial charge in [0, 0.05) is 55.8 Å². The first-order valence-corrected chi connectivity index (χ1v) is 33.1. The number of carbonyl (C=O) groups is 7. The Bertz CT molecular complexity index is 3660. The molecule has 0 spiro atoms. The molecular formula is C74H90N8O17. The summed E-state index contributed by atoms with van der Waals surface area (Å²) < 4.78 is 51.8. The number of aliphatic imine (C=N–C) groups is 1. The van der Waals surface area contributed by atoms with Crippen LogP contribution in [0.4, 0.5) is 21.9 Å². The lowest BCUT2D eigenvalue weighted by Gasteiger charge is -2.31. The second kappa shape index (κ2) is 38.3. The summed E-state index contributed by atoms with van der Waals surface area (Å²) in [4.78, 5) is 103. The Balaban J connectivity index is 0.752. The van der Waals surface area contributed by atoms with Crippen molar-refractivity contribution in [3.8, 4) is 23.0 Å². The molecular weight excluding hydrogens is 1270 g/mol. The number of hydrogen-bond acceptors (Lipinski definition) is 18. The number of rotatable bonds is 35. The van der Waals surface area contributed by atoms with Crippen molar-refractivity contribution in [1.29, 1.82) is 0 Å². The predicted octanol–water partition coefficient (Wildman–Crippen LogP) is 8.62.